The maximum Gasteiger partial charge on any atom is 0.145 e. The van der Waals surface area contributed by atoms with Gasteiger partial charge in [-0.3, -0.25) is 0 Å². The predicted molar refractivity (Wildman–Crippen MR) is 79.3 cm³/mol. The van der Waals surface area contributed by atoms with Crippen molar-refractivity contribution >= 4 is 44.2 Å². The van der Waals surface area contributed by atoms with E-state index in [-0.39, 0.29) is 4.75 Å². The molecule has 0 bridgehead atoms. The number of benzene rings is 1. The van der Waals surface area contributed by atoms with Gasteiger partial charge in [0.05, 0.1) is 15.5 Å². The summed E-state index contributed by atoms with van der Waals surface area (Å²) in [7, 11) is -1.26. The summed E-state index contributed by atoms with van der Waals surface area (Å²) >= 11 is 9.46. The molecule has 0 aliphatic carbocycles. The average molecular weight is 337 g/mol. The van der Waals surface area contributed by atoms with Crippen molar-refractivity contribution in [3.8, 4) is 0 Å². The molecule has 0 aliphatic heterocycles. The fourth-order valence-corrected chi connectivity index (χ4v) is 2.52. The number of hydrogen-bond donors (Lipinski definition) is 0. The maximum atomic E-state index is 11.9. The van der Waals surface area contributed by atoms with Crippen LogP contribution in [0.15, 0.2) is 27.1 Å². The first-order valence-corrected chi connectivity index (χ1v) is 7.42. The van der Waals surface area contributed by atoms with Gasteiger partial charge in [-0.15, -0.1) is 0 Å². The van der Waals surface area contributed by atoms with Crippen molar-refractivity contribution in [1.82, 2.24) is 0 Å². The summed E-state index contributed by atoms with van der Waals surface area (Å²) in [5.41, 5.74) is 1.50. The van der Waals surface area contributed by atoms with E-state index in [2.05, 4.69) is 20.3 Å². The van der Waals surface area contributed by atoms with Crippen molar-refractivity contribution in [3.05, 3.63) is 33.3 Å². The molecule has 0 saturated heterocycles. The Labute approximate surface area is 118 Å². The van der Waals surface area contributed by atoms with E-state index in [1.807, 2.05) is 39.8 Å². The zero-order chi connectivity index (χ0) is 13.2. The minimum atomic E-state index is -1.26. The molecular weight excluding hydrogens is 322 g/mol. The monoisotopic (exact) mass is 335 g/mol. The smallest absolute Gasteiger partial charge is 0.145 e. The van der Waals surface area contributed by atoms with Crippen molar-refractivity contribution in [2.75, 3.05) is 0 Å². The van der Waals surface area contributed by atoms with Gasteiger partial charge in [0.25, 0.3) is 0 Å². The zero-order valence-electron chi connectivity index (χ0n) is 10.3. The van der Waals surface area contributed by atoms with Gasteiger partial charge in [0.2, 0.25) is 0 Å². The van der Waals surface area contributed by atoms with Gasteiger partial charge in [-0.05, 0) is 39.8 Å². The first-order chi connectivity index (χ1) is 7.71. The van der Waals surface area contributed by atoms with E-state index in [0.29, 0.717) is 10.7 Å². The van der Waals surface area contributed by atoms with Gasteiger partial charge >= 0.3 is 0 Å². The third-order valence-electron chi connectivity index (χ3n) is 2.06. The molecule has 2 nitrogen and oxygen atoms in total. The Bertz CT molecular complexity index is 480. The second-order valence-electron chi connectivity index (χ2n) is 4.66. The van der Waals surface area contributed by atoms with Gasteiger partial charge in [0, 0.05) is 10.0 Å². The molecule has 0 radical (unpaired) electrons. The van der Waals surface area contributed by atoms with Gasteiger partial charge in [-0.2, -0.15) is 4.40 Å². The molecule has 0 amide bonds. The lowest BCUT2D eigenvalue weighted by Gasteiger charge is -2.14. The highest BCUT2D eigenvalue weighted by molar-refractivity contribution is 9.10. The summed E-state index contributed by atoms with van der Waals surface area (Å²) in [4.78, 5) is 0. The van der Waals surface area contributed by atoms with Crippen molar-refractivity contribution in [1.29, 1.82) is 0 Å². The largest absolute Gasteiger partial charge is 0.234 e. The standard InChI is InChI=1S/C12H15BrClNOS/c1-8(15-17(16)12(2,3)4)10-6-5-9(13)7-11(10)14/h5-7H,1-4H3/t17-/m1/s1. The lowest BCUT2D eigenvalue weighted by atomic mass is 10.1. The Morgan fingerprint density at radius 3 is 2.47 bits per heavy atom. The number of halogens is 2. The molecule has 5 heteroatoms. The van der Waals surface area contributed by atoms with Crippen LogP contribution in [0.5, 0.6) is 0 Å². The van der Waals surface area contributed by atoms with Crippen molar-refractivity contribution in [2.45, 2.75) is 32.4 Å². The SMILES string of the molecule is CC(=N[S@](=O)C(C)(C)C)c1ccc(Br)cc1Cl. The van der Waals surface area contributed by atoms with Gasteiger partial charge in [0.1, 0.15) is 11.0 Å². The molecule has 0 aromatic heterocycles. The van der Waals surface area contributed by atoms with Crippen LogP contribution in [0.25, 0.3) is 0 Å². The topological polar surface area (TPSA) is 29.4 Å². The highest BCUT2D eigenvalue weighted by Crippen LogP contribution is 2.23. The molecule has 1 atom stereocenters. The third kappa shape index (κ3) is 4.19. The Kier molecular flexibility index (Phi) is 4.93. The van der Waals surface area contributed by atoms with Crippen LogP contribution in [-0.4, -0.2) is 14.7 Å². The van der Waals surface area contributed by atoms with Crippen LogP contribution in [0, 0.1) is 0 Å². The van der Waals surface area contributed by atoms with Gasteiger partial charge in [-0.25, -0.2) is 4.21 Å². The van der Waals surface area contributed by atoms with E-state index in [1.165, 1.54) is 0 Å². The van der Waals surface area contributed by atoms with Gasteiger partial charge in [-0.1, -0.05) is 33.6 Å². The fraction of sp³-hybridized carbons (Fsp3) is 0.417. The van der Waals surface area contributed by atoms with Crippen LogP contribution in [-0.2, 0) is 11.0 Å². The quantitative estimate of drug-likeness (QED) is 0.737. The lowest BCUT2D eigenvalue weighted by Crippen LogP contribution is -2.20. The Hall–Kier alpha value is -0.190. The van der Waals surface area contributed by atoms with Crippen LogP contribution in [0.4, 0.5) is 0 Å². The fourth-order valence-electron chi connectivity index (χ4n) is 1.09. The molecule has 1 aromatic carbocycles. The summed E-state index contributed by atoms with van der Waals surface area (Å²) in [6.07, 6.45) is 0. The molecule has 0 heterocycles. The average Bonchev–Trinajstić information content (AvgIpc) is 2.15. The number of hydrogen-bond acceptors (Lipinski definition) is 1. The molecule has 1 aromatic rings. The van der Waals surface area contributed by atoms with E-state index in [4.69, 9.17) is 11.6 Å². The van der Waals surface area contributed by atoms with Crippen LogP contribution in [0.3, 0.4) is 0 Å². The molecule has 0 fully saturated rings. The summed E-state index contributed by atoms with van der Waals surface area (Å²) in [6.45, 7) is 7.49. The van der Waals surface area contributed by atoms with E-state index in [9.17, 15) is 4.21 Å². The minimum absolute atomic E-state index is 0.358. The van der Waals surface area contributed by atoms with Crippen LogP contribution >= 0.6 is 27.5 Å². The normalized spacial score (nSPS) is 14.8. The first kappa shape index (κ1) is 14.9. The molecule has 1 rings (SSSR count). The highest BCUT2D eigenvalue weighted by atomic mass is 79.9. The lowest BCUT2D eigenvalue weighted by molar-refractivity contribution is 0.650. The molecule has 0 spiro atoms. The third-order valence-corrected chi connectivity index (χ3v) is 4.36. The van der Waals surface area contributed by atoms with Crippen LogP contribution in [0.2, 0.25) is 5.02 Å². The van der Waals surface area contributed by atoms with Crippen LogP contribution < -0.4 is 0 Å². The number of rotatable bonds is 2. The molecule has 17 heavy (non-hydrogen) atoms. The maximum absolute atomic E-state index is 11.9. The molecule has 0 saturated carbocycles. The van der Waals surface area contributed by atoms with E-state index >= 15 is 0 Å². The zero-order valence-corrected chi connectivity index (χ0v) is 13.4. The summed E-state index contributed by atoms with van der Waals surface area (Å²) in [6, 6.07) is 5.56. The van der Waals surface area contributed by atoms with Crippen LogP contribution in [0.1, 0.15) is 33.3 Å². The predicted octanol–water partition coefficient (Wildman–Crippen LogP) is 4.37. The minimum Gasteiger partial charge on any atom is -0.234 e. The van der Waals surface area contributed by atoms with E-state index in [1.54, 1.807) is 6.07 Å². The second-order valence-corrected chi connectivity index (χ2v) is 7.89. The van der Waals surface area contributed by atoms with E-state index < -0.39 is 11.0 Å². The van der Waals surface area contributed by atoms with E-state index in [0.717, 1.165) is 10.0 Å². The Morgan fingerprint density at radius 1 is 1.41 bits per heavy atom. The molecule has 0 unspecified atom stereocenters. The molecular formula is C12H15BrClNOS. The van der Waals surface area contributed by atoms with Gasteiger partial charge in [0.15, 0.2) is 0 Å². The first-order valence-electron chi connectivity index (χ1n) is 5.14. The molecule has 0 aliphatic rings. The van der Waals surface area contributed by atoms with Crippen molar-refractivity contribution in [2.24, 2.45) is 4.40 Å². The summed E-state index contributed by atoms with van der Waals surface area (Å²) in [5, 5.41) is 0.603. The number of nitrogens with zero attached hydrogens (tertiary/aromatic N) is 1. The van der Waals surface area contributed by atoms with Crippen molar-refractivity contribution in [3.63, 3.8) is 0 Å². The summed E-state index contributed by atoms with van der Waals surface area (Å²) < 4.78 is 16.7. The highest BCUT2D eigenvalue weighted by Gasteiger charge is 2.19. The summed E-state index contributed by atoms with van der Waals surface area (Å²) in [5.74, 6) is 0. The molecule has 94 valence electrons. The van der Waals surface area contributed by atoms with Crippen molar-refractivity contribution < 1.29 is 4.21 Å². The Morgan fingerprint density at radius 2 is 2.00 bits per heavy atom. The van der Waals surface area contributed by atoms with Gasteiger partial charge < -0.3 is 0 Å². The molecule has 0 N–H and O–H groups in total. The Balaban J connectivity index is 3.09. The second kappa shape index (κ2) is 5.63.